The molecule has 3 aromatic rings. The maximum atomic E-state index is 12.4. The number of benzene rings is 1. The zero-order valence-electron chi connectivity index (χ0n) is 15.0. The molecule has 6 heteroatoms. The first-order valence-corrected chi connectivity index (χ1v) is 7.96. The monoisotopic (exact) mass is 325 g/mol. The number of hydrogen-bond acceptors (Lipinski definition) is 3. The fourth-order valence-electron chi connectivity index (χ4n) is 2.97. The lowest BCUT2D eigenvalue weighted by Crippen LogP contribution is -2.17. The molecule has 126 valence electrons. The van der Waals surface area contributed by atoms with Crippen molar-refractivity contribution in [1.29, 1.82) is 0 Å². The summed E-state index contributed by atoms with van der Waals surface area (Å²) in [4.78, 5) is 17.2. The molecule has 0 aliphatic heterocycles. The molecule has 1 aromatic carbocycles. The Labute approximate surface area is 141 Å². The van der Waals surface area contributed by atoms with Crippen LogP contribution < -0.4 is 5.32 Å². The summed E-state index contributed by atoms with van der Waals surface area (Å²) in [7, 11) is 3.78. The Hall–Kier alpha value is -2.63. The summed E-state index contributed by atoms with van der Waals surface area (Å²) >= 11 is 0. The number of imidazole rings is 1. The number of fused-ring (bicyclic) bond motifs is 1. The Bertz CT molecular complexity index is 927. The molecule has 2 aromatic heterocycles. The van der Waals surface area contributed by atoms with Crippen LogP contribution in [0.2, 0.25) is 0 Å². The van der Waals surface area contributed by atoms with Crippen molar-refractivity contribution in [2.24, 2.45) is 14.1 Å². The summed E-state index contributed by atoms with van der Waals surface area (Å²) in [6, 6.07) is 7.57. The number of carbonyl (C=O) groups is 1. The zero-order chi connectivity index (χ0) is 17.6. The van der Waals surface area contributed by atoms with E-state index in [0.29, 0.717) is 5.69 Å². The molecule has 0 atom stereocenters. The molecule has 0 spiro atoms. The van der Waals surface area contributed by atoms with Gasteiger partial charge in [-0.15, -0.1) is 0 Å². The Morgan fingerprint density at radius 3 is 2.46 bits per heavy atom. The van der Waals surface area contributed by atoms with Gasteiger partial charge in [0.2, 0.25) is 0 Å². The van der Waals surface area contributed by atoms with Gasteiger partial charge in [-0.2, -0.15) is 5.10 Å². The van der Waals surface area contributed by atoms with E-state index in [1.165, 1.54) is 0 Å². The first-order chi connectivity index (χ1) is 11.2. The lowest BCUT2D eigenvalue weighted by atomic mass is 9.96. The van der Waals surface area contributed by atoms with Crippen LogP contribution in [0, 0.1) is 6.92 Å². The van der Waals surface area contributed by atoms with Crippen LogP contribution in [0.5, 0.6) is 0 Å². The quantitative estimate of drug-likeness (QED) is 0.787. The molecule has 0 fully saturated rings. The molecule has 2 heterocycles. The second kappa shape index (κ2) is 5.47. The molecular weight excluding hydrogens is 302 g/mol. The van der Waals surface area contributed by atoms with Gasteiger partial charge in [-0.3, -0.25) is 9.48 Å². The molecule has 1 N–H and O–H groups in total. The third-order valence-corrected chi connectivity index (χ3v) is 4.04. The number of aromatic nitrogens is 4. The van der Waals surface area contributed by atoms with Crippen molar-refractivity contribution < 1.29 is 4.79 Å². The van der Waals surface area contributed by atoms with Gasteiger partial charge in [0.05, 0.1) is 16.7 Å². The molecule has 0 saturated carbocycles. The number of rotatable bonds is 2. The highest BCUT2D eigenvalue weighted by atomic mass is 16.2. The summed E-state index contributed by atoms with van der Waals surface area (Å²) in [5, 5.41) is 7.13. The molecule has 0 unspecified atom stereocenters. The number of carbonyl (C=O) groups excluding carboxylic acids is 1. The maximum absolute atomic E-state index is 12.4. The summed E-state index contributed by atoms with van der Waals surface area (Å²) in [6.07, 6.45) is 0. The molecule has 24 heavy (non-hydrogen) atoms. The third-order valence-electron chi connectivity index (χ3n) is 4.04. The number of anilines is 1. The zero-order valence-corrected chi connectivity index (χ0v) is 15.0. The Kier molecular flexibility index (Phi) is 3.70. The molecule has 0 radical (unpaired) electrons. The highest BCUT2D eigenvalue weighted by Crippen LogP contribution is 2.27. The number of nitrogens with zero attached hydrogens (tertiary/aromatic N) is 4. The largest absolute Gasteiger partial charge is 0.331 e. The van der Waals surface area contributed by atoms with E-state index in [1.807, 2.05) is 32.2 Å². The van der Waals surface area contributed by atoms with Crippen LogP contribution in [0.15, 0.2) is 24.3 Å². The Morgan fingerprint density at radius 1 is 1.17 bits per heavy atom. The van der Waals surface area contributed by atoms with Gasteiger partial charge in [0.1, 0.15) is 11.5 Å². The van der Waals surface area contributed by atoms with Crippen LogP contribution in [0.1, 0.15) is 42.8 Å². The van der Waals surface area contributed by atoms with E-state index in [0.717, 1.165) is 28.2 Å². The molecule has 0 aliphatic rings. The molecule has 0 aliphatic carbocycles. The minimum atomic E-state index is -0.176. The van der Waals surface area contributed by atoms with Crippen molar-refractivity contribution in [3.63, 3.8) is 0 Å². The molecule has 6 nitrogen and oxygen atoms in total. The van der Waals surface area contributed by atoms with Gasteiger partial charge in [-0.1, -0.05) is 20.8 Å². The van der Waals surface area contributed by atoms with Crippen LogP contribution >= 0.6 is 0 Å². The van der Waals surface area contributed by atoms with Crippen LogP contribution in [0.25, 0.3) is 11.0 Å². The van der Waals surface area contributed by atoms with E-state index in [2.05, 4.69) is 35.8 Å². The van der Waals surface area contributed by atoms with Gasteiger partial charge in [-0.05, 0) is 31.2 Å². The van der Waals surface area contributed by atoms with Gasteiger partial charge >= 0.3 is 0 Å². The predicted octanol–water partition coefficient (Wildman–Crippen LogP) is 3.17. The van der Waals surface area contributed by atoms with E-state index in [4.69, 9.17) is 4.98 Å². The molecular formula is C18H23N5O. The topological polar surface area (TPSA) is 64.7 Å². The van der Waals surface area contributed by atoms with Gasteiger partial charge in [0.15, 0.2) is 0 Å². The number of nitrogens with one attached hydrogen (secondary N) is 1. The number of amides is 1. The first kappa shape index (κ1) is 16.2. The van der Waals surface area contributed by atoms with Gasteiger partial charge in [-0.25, -0.2) is 4.98 Å². The summed E-state index contributed by atoms with van der Waals surface area (Å²) in [6.45, 7) is 8.29. The van der Waals surface area contributed by atoms with Crippen molar-refractivity contribution >= 4 is 22.6 Å². The van der Waals surface area contributed by atoms with Gasteiger partial charge in [0, 0.05) is 25.2 Å². The van der Waals surface area contributed by atoms with E-state index < -0.39 is 0 Å². The molecule has 0 saturated heterocycles. The second-order valence-corrected chi connectivity index (χ2v) is 7.20. The van der Waals surface area contributed by atoms with Crippen LogP contribution in [0.3, 0.4) is 0 Å². The van der Waals surface area contributed by atoms with Crippen LogP contribution in [-0.4, -0.2) is 25.2 Å². The SMILES string of the molecule is Cc1cc(C(=O)Nc2ccc3c(c2)nc(C(C)(C)C)n3C)n(C)n1. The van der Waals surface area contributed by atoms with Crippen molar-refractivity contribution in [2.75, 3.05) is 5.32 Å². The average Bonchev–Trinajstić information content (AvgIpc) is 2.98. The summed E-state index contributed by atoms with van der Waals surface area (Å²) in [5.74, 6) is 0.840. The minimum Gasteiger partial charge on any atom is -0.331 e. The Balaban J connectivity index is 1.94. The fraction of sp³-hybridized carbons (Fsp3) is 0.389. The number of hydrogen-bond donors (Lipinski definition) is 1. The maximum Gasteiger partial charge on any atom is 0.273 e. The fourth-order valence-corrected chi connectivity index (χ4v) is 2.97. The standard InChI is InChI=1S/C18H23N5O/c1-11-9-15(23(6)21-11)16(24)19-12-7-8-14-13(10-12)20-17(22(14)5)18(2,3)4/h7-10H,1-6H3,(H,19,24). The molecule has 3 rings (SSSR count). The van der Waals surface area contributed by atoms with E-state index >= 15 is 0 Å². The number of aryl methyl sites for hydroxylation is 3. The highest BCUT2D eigenvalue weighted by molar-refractivity contribution is 6.03. The smallest absolute Gasteiger partial charge is 0.273 e. The Morgan fingerprint density at radius 2 is 1.88 bits per heavy atom. The van der Waals surface area contributed by atoms with Gasteiger partial charge < -0.3 is 9.88 Å². The van der Waals surface area contributed by atoms with Crippen molar-refractivity contribution in [3.05, 3.63) is 41.5 Å². The molecule has 1 amide bonds. The van der Waals surface area contributed by atoms with E-state index in [-0.39, 0.29) is 11.3 Å². The average molecular weight is 325 g/mol. The predicted molar refractivity (Wildman–Crippen MR) is 95.3 cm³/mol. The summed E-state index contributed by atoms with van der Waals surface area (Å²) < 4.78 is 3.69. The first-order valence-electron chi connectivity index (χ1n) is 7.96. The third kappa shape index (κ3) is 2.79. The van der Waals surface area contributed by atoms with Gasteiger partial charge in [0.25, 0.3) is 5.91 Å². The molecule has 0 bridgehead atoms. The lowest BCUT2D eigenvalue weighted by Gasteiger charge is -2.17. The lowest BCUT2D eigenvalue weighted by molar-refractivity contribution is 0.101. The normalized spacial score (nSPS) is 11.9. The van der Waals surface area contributed by atoms with Crippen LogP contribution in [0.4, 0.5) is 5.69 Å². The minimum absolute atomic E-state index is 0.0383. The van der Waals surface area contributed by atoms with Crippen LogP contribution in [-0.2, 0) is 19.5 Å². The van der Waals surface area contributed by atoms with E-state index in [9.17, 15) is 4.79 Å². The van der Waals surface area contributed by atoms with Crippen molar-refractivity contribution in [1.82, 2.24) is 19.3 Å². The highest BCUT2D eigenvalue weighted by Gasteiger charge is 2.21. The second-order valence-electron chi connectivity index (χ2n) is 7.20. The van der Waals surface area contributed by atoms with E-state index in [1.54, 1.807) is 17.8 Å². The van der Waals surface area contributed by atoms with Crippen molar-refractivity contribution in [3.8, 4) is 0 Å². The van der Waals surface area contributed by atoms with Crippen molar-refractivity contribution in [2.45, 2.75) is 33.1 Å². The summed E-state index contributed by atoms with van der Waals surface area (Å²) in [5.41, 5.74) is 3.96.